The lowest BCUT2D eigenvalue weighted by Gasteiger charge is -2.73. The molecule has 2 bridgehead atoms. The van der Waals surface area contributed by atoms with Gasteiger partial charge in [0.15, 0.2) is 0 Å². The van der Waals surface area contributed by atoms with Crippen molar-refractivity contribution in [2.75, 3.05) is 6.61 Å². The number of aromatic nitrogens is 1. The summed E-state index contributed by atoms with van der Waals surface area (Å²) in [5.41, 5.74) is 6.76. The van der Waals surface area contributed by atoms with Gasteiger partial charge in [-0.15, -0.1) is 0 Å². The maximum Gasteiger partial charge on any atom is 0.0663 e. The van der Waals surface area contributed by atoms with Crippen LogP contribution in [-0.2, 0) is 16.6 Å². The summed E-state index contributed by atoms with van der Waals surface area (Å²) in [4.78, 5) is 3.93. The number of hydrogen-bond acceptors (Lipinski definition) is 1. The molecule has 8 rings (SSSR count). The molecule has 2 heterocycles. The highest BCUT2D eigenvalue weighted by Gasteiger charge is 2.72. The van der Waals surface area contributed by atoms with Crippen LogP contribution in [0.5, 0.6) is 0 Å². The minimum atomic E-state index is 0.192. The van der Waals surface area contributed by atoms with Gasteiger partial charge >= 0.3 is 0 Å². The SMILES string of the molecule is CC1(C)CC[C@]23CC[C@]4(C)[C@H](CC[C@@H]5[C@@]6(C)Cc7c([nH]c8ccccc78)C(C)(C)[C@@H]6CC[C@]54C)[C@H]2C1OC3. The summed E-state index contributed by atoms with van der Waals surface area (Å²) in [6.07, 6.45) is 13.0. The number of benzene rings is 1. The van der Waals surface area contributed by atoms with Gasteiger partial charge in [0.05, 0.1) is 12.7 Å². The van der Waals surface area contributed by atoms with Gasteiger partial charge in [-0.3, -0.25) is 0 Å². The normalized spacial score (nSPS) is 49.9. The van der Waals surface area contributed by atoms with Gasteiger partial charge in [0.25, 0.3) is 0 Å². The molecule has 38 heavy (non-hydrogen) atoms. The fourth-order valence-corrected chi connectivity index (χ4v) is 13.3. The Balaban J connectivity index is 1.23. The van der Waals surface area contributed by atoms with Crippen molar-refractivity contribution in [3.8, 4) is 0 Å². The number of nitrogens with one attached hydrogen (secondary N) is 1. The molecule has 0 spiro atoms. The maximum absolute atomic E-state index is 6.79. The molecule has 5 aliphatic carbocycles. The van der Waals surface area contributed by atoms with Gasteiger partial charge < -0.3 is 9.72 Å². The summed E-state index contributed by atoms with van der Waals surface area (Å²) in [6.45, 7) is 19.5. The molecule has 6 aliphatic rings. The molecule has 206 valence electrons. The predicted octanol–water partition coefficient (Wildman–Crippen LogP) is 9.07. The molecule has 0 radical (unpaired) electrons. The smallest absolute Gasteiger partial charge is 0.0663 e. The number of hydrogen-bond donors (Lipinski definition) is 1. The van der Waals surface area contributed by atoms with Crippen LogP contribution in [-0.4, -0.2) is 17.7 Å². The van der Waals surface area contributed by atoms with E-state index in [4.69, 9.17) is 4.74 Å². The monoisotopic (exact) mass is 513 g/mol. The maximum atomic E-state index is 6.79. The van der Waals surface area contributed by atoms with Crippen LogP contribution in [0, 0.1) is 50.7 Å². The van der Waals surface area contributed by atoms with E-state index in [2.05, 4.69) is 77.7 Å². The third-order valence-electron chi connectivity index (χ3n) is 15.3. The molecule has 1 aliphatic heterocycles. The van der Waals surface area contributed by atoms with Crippen molar-refractivity contribution in [1.82, 2.24) is 4.98 Å². The zero-order chi connectivity index (χ0) is 26.5. The van der Waals surface area contributed by atoms with E-state index in [9.17, 15) is 0 Å². The first kappa shape index (κ1) is 24.5. The molecular formula is C36H51NO. The van der Waals surface area contributed by atoms with Crippen LogP contribution in [0.3, 0.4) is 0 Å². The van der Waals surface area contributed by atoms with Gasteiger partial charge in [-0.25, -0.2) is 0 Å². The molecule has 1 aromatic heterocycles. The number of rotatable bonds is 0. The van der Waals surface area contributed by atoms with Gasteiger partial charge in [-0.2, -0.15) is 0 Å². The molecule has 5 fully saturated rings. The van der Waals surface area contributed by atoms with Gasteiger partial charge in [0.1, 0.15) is 0 Å². The second-order valence-corrected chi connectivity index (χ2v) is 17.2. The van der Waals surface area contributed by atoms with Crippen LogP contribution in [0.25, 0.3) is 10.9 Å². The Labute approximate surface area is 231 Å². The molecule has 1 saturated heterocycles. The fraction of sp³-hybridized carbons (Fsp3) is 0.778. The van der Waals surface area contributed by atoms with Crippen LogP contribution < -0.4 is 0 Å². The first-order chi connectivity index (χ1) is 17.9. The van der Waals surface area contributed by atoms with Crippen molar-refractivity contribution in [2.24, 2.45) is 50.7 Å². The minimum absolute atomic E-state index is 0.192. The van der Waals surface area contributed by atoms with Crippen LogP contribution >= 0.6 is 0 Å². The lowest BCUT2D eigenvalue weighted by Crippen LogP contribution is -2.67. The van der Waals surface area contributed by atoms with Gasteiger partial charge in [-0.1, -0.05) is 66.7 Å². The number of H-pyrrole nitrogens is 1. The molecule has 0 amide bonds. The van der Waals surface area contributed by atoms with E-state index < -0.39 is 0 Å². The van der Waals surface area contributed by atoms with Crippen molar-refractivity contribution >= 4 is 10.9 Å². The van der Waals surface area contributed by atoms with E-state index in [0.29, 0.717) is 33.2 Å². The summed E-state index contributed by atoms with van der Waals surface area (Å²) < 4.78 is 6.79. The van der Waals surface area contributed by atoms with Crippen molar-refractivity contribution in [3.63, 3.8) is 0 Å². The number of aromatic amines is 1. The Morgan fingerprint density at radius 3 is 2.37 bits per heavy atom. The zero-order valence-electron chi connectivity index (χ0n) is 25.2. The topological polar surface area (TPSA) is 25.0 Å². The highest BCUT2D eigenvalue weighted by Crippen LogP contribution is 2.77. The van der Waals surface area contributed by atoms with E-state index in [1.807, 2.05) is 0 Å². The second kappa shape index (κ2) is 7.13. The molecule has 1 N–H and O–H groups in total. The number of fused-ring (bicyclic) bond motifs is 8. The van der Waals surface area contributed by atoms with Crippen LogP contribution in [0.2, 0.25) is 0 Å². The number of para-hydroxylation sites is 1. The Bertz CT molecular complexity index is 1320. The molecular weight excluding hydrogens is 462 g/mol. The lowest BCUT2D eigenvalue weighted by molar-refractivity contribution is -0.232. The third kappa shape index (κ3) is 2.62. The fourth-order valence-electron chi connectivity index (χ4n) is 13.3. The summed E-state index contributed by atoms with van der Waals surface area (Å²) in [6, 6.07) is 9.12. The average molecular weight is 514 g/mol. The van der Waals surface area contributed by atoms with Crippen LogP contribution in [0.4, 0.5) is 0 Å². The van der Waals surface area contributed by atoms with E-state index in [1.54, 1.807) is 11.3 Å². The van der Waals surface area contributed by atoms with E-state index >= 15 is 0 Å². The molecule has 1 aromatic carbocycles. The Morgan fingerprint density at radius 2 is 1.55 bits per heavy atom. The molecule has 2 nitrogen and oxygen atoms in total. The third-order valence-corrected chi connectivity index (χ3v) is 15.3. The van der Waals surface area contributed by atoms with E-state index in [0.717, 1.165) is 30.3 Å². The minimum Gasteiger partial charge on any atom is -0.377 e. The van der Waals surface area contributed by atoms with Crippen molar-refractivity contribution in [2.45, 2.75) is 118 Å². The highest BCUT2D eigenvalue weighted by atomic mass is 16.5. The Morgan fingerprint density at radius 1 is 0.789 bits per heavy atom. The predicted molar refractivity (Wildman–Crippen MR) is 156 cm³/mol. The largest absolute Gasteiger partial charge is 0.377 e. The molecule has 1 unspecified atom stereocenters. The van der Waals surface area contributed by atoms with E-state index in [-0.39, 0.29) is 5.41 Å². The van der Waals surface area contributed by atoms with Crippen molar-refractivity contribution in [1.29, 1.82) is 0 Å². The van der Waals surface area contributed by atoms with Crippen LogP contribution in [0.15, 0.2) is 24.3 Å². The first-order valence-corrected chi connectivity index (χ1v) is 16.1. The Kier molecular flexibility index (Phi) is 4.60. The van der Waals surface area contributed by atoms with Crippen LogP contribution in [0.1, 0.15) is 111 Å². The second-order valence-electron chi connectivity index (χ2n) is 17.2. The first-order valence-electron chi connectivity index (χ1n) is 16.1. The molecule has 2 heteroatoms. The van der Waals surface area contributed by atoms with Crippen molar-refractivity contribution < 1.29 is 4.74 Å². The zero-order valence-corrected chi connectivity index (χ0v) is 25.2. The number of ether oxygens (including phenoxy) is 1. The van der Waals surface area contributed by atoms with Gasteiger partial charge in [0, 0.05) is 22.0 Å². The Hall–Kier alpha value is -1.28. The molecule has 4 saturated carbocycles. The summed E-state index contributed by atoms with van der Waals surface area (Å²) >= 11 is 0. The van der Waals surface area contributed by atoms with Gasteiger partial charge in [0.2, 0.25) is 0 Å². The molecule has 9 atom stereocenters. The van der Waals surface area contributed by atoms with Gasteiger partial charge in [-0.05, 0) is 120 Å². The highest BCUT2D eigenvalue weighted by molar-refractivity contribution is 5.85. The molecule has 2 aromatic rings. The summed E-state index contributed by atoms with van der Waals surface area (Å²) in [5, 5.41) is 1.49. The quantitative estimate of drug-likeness (QED) is 0.373. The average Bonchev–Trinajstić information content (AvgIpc) is 3.40. The summed E-state index contributed by atoms with van der Waals surface area (Å²) in [7, 11) is 0. The van der Waals surface area contributed by atoms with Crippen molar-refractivity contribution in [3.05, 3.63) is 35.5 Å². The summed E-state index contributed by atoms with van der Waals surface area (Å²) in [5.74, 6) is 3.18. The van der Waals surface area contributed by atoms with E-state index in [1.165, 1.54) is 68.7 Å². The lowest BCUT2D eigenvalue weighted by atomic mass is 9.31. The standard InChI is InChI=1S/C36H51NO/c1-31(2)16-18-36-19-17-34(6)24(28(36)30(31)38-21-36)12-13-27-33(5)20-23-22-10-8-9-11-25(22)37-29(23)32(3,4)26(33)14-15-35(27,34)7/h8-11,24,26-28,30,37H,12-21H2,1-7H3/t24-,26+,27-,28+,30?,33+,34-,35-,36-/m1/s1.